The van der Waals surface area contributed by atoms with Gasteiger partial charge in [-0.05, 0) is 77.2 Å². The van der Waals surface area contributed by atoms with E-state index in [1.807, 2.05) is 48.5 Å². The van der Waals surface area contributed by atoms with Crippen molar-refractivity contribution in [1.82, 2.24) is 0 Å². The Morgan fingerprint density at radius 1 is 0.469 bits per heavy atom. The normalized spacial score (nSPS) is 10.8. The number of benzene rings is 4. The Hall–Kier alpha value is -3.92. The molecule has 4 aromatic carbocycles. The maximum absolute atomic E-state index is 9.37. The second-order valence-corrected chi connectivity index (χ2v) is 7.87. The minimum atomic E-state index is -0.110. The fourth-order valence-electron chi connectivity index (χ4n) is 3.54. The van der Waals surface area contributed by atoms with Gasteiger partial charge in [-0.25, -0.2) is 0 Å². The third-order valence-corrected chi connectivity index (χ3v) is 5.78. The van der Waals surface area contributed by atoms with Crippen LogP contribution in [0, 0.1) is 0 Å². The molecular formula is C28H28O4. The van der Waals surface area contributed by atoms with Crippen LogP contribution in [0.5, 0.6) is 23.0 Å². The smallest absolute Gasteiger partial charge is 0.115 e. The first-order valence-electron chi connectivity index (χ1n) is 10.5. The lowest BCUT2D eigenvalue weighted by molar-refractivity contribution is 0.472. The Morgan fingerprint density at radius 2 is 0.719 bits per heavy atom. The van der Waals surface area contributed by atoms with Crippen molar-refractivity contribution in [3.8, 4) is 34.1 Å². The molecule has 0 unspecified atom stereocenters. The Kier molecular flexibility index (Phi) is 7.06. The monoisotopic (exact) mass is 428 g/mol. The molecule has 0 aliphatic heterocycles. The summed E-state index contributed by atoms with van der Waals surface area (Å²) in [6.07, 6.45) is 0.947. The summed E-state index contributed by atoms with van der Waals surface area (Å²) in [6.45, 7) is 4.31. The van der Waals surface area contributed by atoms with E-state index < -0.39 is 0 Å². The Labute approximate surface area is 188 Å². The number of phenols is 4. The molecule has 0 atom stereocenters. The third kappa shape index (κ3) is 5.41. The van der Waals surface area contributed by atoms with Gasteiger partial charge in [-0.1, -0.05) is 62.4 Å². The van der Waals surface area contributed by atoms with Gasteiger partial charge in [0.2, 0.25) is 0 Å². The molecule has 0 spiro atoms. The molecule has 4 nitrogen and oxygen atoms in total. The second-order valence-electron chi connectivity index (χ2n) is 7.87. The van der Waals surface area contributed by atoms with Gasteiger partial charge in [0.1, 0.15) is 23.0 Å². The van der Waals surface area contributed by atoms with Crippen molar-refractivity contribution in [2.24, 2.45) is 0 Å². The van der Waals surface area contributed by atoms with Gasteiger partial charge < -0.3 is 20.4 Å². The van der Waals surface area contributed by atoms with Gasteiger partial charge in [0, 0.05) is 5.41 Å². The lowest BCUT2D eigenvalue weighted by atomic mass is 9.74. The molecule has 0 saturated carbocycles. The summed E-state index contributed by atoms with van der Waals surface area (Å²) in [4.78, 5) is 0. The van der Waals surface area contributed by atoms with Crippen molar-refractivity contribution in [2.45, 2.75) is 25.7 Å². The molecule has 0 saturated heterocycles. The predicted molar refractivity (Wildman–Crippen MR) is 128 cm³/mol. The second kappa shape index (κ2) is 9.92. The molecular weight excluding hydrogens is 400 g/mol. The number of aromatic hydroxyl groups is 4. The zero-order valence-electron chi connectivity index (χ0n) is 18.2. The molecule has 164 valence electrons. The predicted octanol–water partition coefficient (Wildman–Crippen LogP) is 6.58. The highest BCUT2D eigenvalue weighted by Gasteiger charge is 2.26. The molecule has 4 heteroatoms. The first-order valence-corrected chi connectivity index (χ1v) is 10.5. The summed E-state index contributed by atoms with van der Waals surface area (Å²) in [7, 11) is 0. The third-order valence-electron chi connectivity index (χ3n) is 5.78. The molecule has 32 heavy (non-hydrogen) atoms. The van der Waals surface area contributed by atoms with Crippen LogP contribution in [0.15, 0.2) is 97.1 Å². The van der Waals surface area contributed by atoms with Crippen LogP contribution in [0.1, 0.15) is 31.4 Å². The van der Waals surface area contributed by atoms with Crippen LogP contribution in [-0.4, -0.2) is 20.4 Å². The standard InChI is InChI=1S/C16H18O2.C12H10O2/c1-3-16(2,12-4-8-14(17)9-5-12)13-6-10-15(18)11-7-13;13-11-5-1-9(2-6-11)10-3-7-12(14)8-4-10/h4-11,17-18H,3H2,1-2H3;1-8,13-14H. The summed E-state index contributed by atoms with van der Waals surface area (Å²) in [5.74, 6) is 1.07. The molecule has 0 heterocycles. The molecule has 0 aliphatic carbocycles. The molecule has 0 bridgehead atoms. The van der Waals surface area contributed by atoms with E-state index in [9.17, 15) is 10.2 Å². The maximum Gasteiger partial charge on any atom is 0.115 e. The van der Waals surface area contributed by atoms with Crippen molar-refractivity contribution in [1.29, 1.82) is 0 Å². The van der Waals surface area contributed by atoms with Crippen LogP contribution in [0.25, 0.3) is 11.1 Å². The van der Waals surface area contributed by atoms with E-state index in [1.54, 1.807) is 48.5 Å². The molecule has 0 fully saturated rings. The van der Waals surface area contributed by atoms with Gasteiger partial charge in [-0.3, -0.25) is 0 Å². The highest BCUT2D eigenvalue weighted by molar-refractivity contribution is 5.64. The highest BCUT2D eigenvalue weighted by Crippen LogP contribution is 2.36. The van der Waals surface area contributed by atoms with Crippen LogP contribution >= 0.6 is 0 Å². The van der Waals surface area contributed by atoms with Gasteiger partial charge in [0.25, 0.3) is 0 Å². The molecule has 4 rings (SSSR count). The summed E-state index contributed by atoms with van der Waals surface area (Å²) in [5, 5.41) is 37.0. The van der Waals surface area contributed by atoms with E-state index in [1.165, 1.54) is 0 Å². The van der Waals surface area contributed by atoms with Gasteiger partial charge in [0.15, 0.2) is 0 Å². The average molecular weight is 429 g/mol. The zero-order chi connectivity index (χ0) is 23.1. The first-order chi connectivity index (χ1) is 15.3. The van der Waals surface area contributed by atoms with Crippen LogP contribution < -0.4 is 0 Å². The average Bonchev–Trinajstić information content (AvgIpc) is 2.81. The van der Waals surface area contributed by atoms with Crippen molar-refractivity contribution < 1.29 is 20.4 Å². The van der Waals surface area contributed by atoms with E-state index >= 15 is 0 Å². The van der Waals surface area contributed by atoms with Crippen molar-refractivity contribution in [2.75, 3.05) is 0 Å². The van der Waals surface area contributed by atoms with Crippen LogP contribution in [0.4, 0.5) is 0 Å². The Balaban J connectivity index is 0.000000186. The van der Waals surface area contributed by atoms with E-state index in [2.05, 4.69) is 13.8 Å². The quantitative estimate of drug-likeness (QED) is 0.296. The fraction of sp³-hybridized carbons (Fsp3) is 0.143. The van der Waals surface area contributed by atoms with Crippen LogP contribution in [-0.2, 0) is 5.41 Å². The summed E-state index contributed by atoms with van der Waals surface area (Å²) in [6, 6.07) is 28.6. The number of phenolic OH excluding ortho intramolecular Hbond substituents is 4. The van der Waals surface area contributed by atoms with E-state index in [4.69, 9.17) is 10.2 Å². The molecule has 4 N–H and O–H groups in total. The summed E-state index contributed by atoms with van der Waals surface area (Å²) >= 11 is 0. The zero-order valence-corrected chi connectivity index (χ0v) is 18.2. The van der Waals surface area contributed by atoms with Gasteiger partial charge in [-0.2, -0.15) is 0 Å². The van der Waals surface area contributed by atoms with Gasteiger partial charge >= 0.3 is 0 Å². The Morgan fingerprint density at radius 3 is 0.969 bits per heavy atom. The first kappa shape index (κ1) is 22.8. The molecule has 0 radical (unpaired) electrons. The molecule has 0 amide bonds. The Bertz CT molecular complexity index is 1030. The van der Waals surface area contributed by atoms with E-state index in [-0.39, 0.29) is 28.4 Å². The number of rotatable bonds is 4. The SMILES string of the molecule is CCC(C)(c1ccc(O)cc1)c1ccc(O)cc1.Oc1ccc(-c2ccc(O)cc2)cc1. The fourth-order valence-corrected chi connectivity index (χ4v) is 3.54. The lowest BCUT2D eigenvalue weighted by Crippen LogP contribution is -2.22. The van der Waals surface area contributed by atoms with Crippen LogP contribution in [0.3, 0.4) is 0 Å². The van der Waals surface area contributed by atoms with Gasteiger partial charge in [0.05, 0.1) is 0 Å². The van der Waals surface area contributed by atoms with E-state index in [0.29, 0.717) is 0 Å². The molecule has 4 aromatic rings. The number of hydrogen-bond donors (Lipinski definition) is 4. The van der Waals surface area contributed by atoms with Crippen molar-refractivity contribution in [3.05, 3.63) is 108 Å². The molecule has 0 aromatic heterocycles. The lowest BCUT2D eigenvalue weighted by Gasteiger charge is -2.29. The molecule has 0 aliphatic rings. The van der Waals surface area contributed by atoms with E-state index in [0.717, 1.165) is 28.7 Å². The summed E-state index contributed by atoms with van der Waals surface area (Å²) < 4.78 is 0. The topological polar surface area (TPSA) is 80.9 Å². The largest absolute Gasteiger partial charge is 0.508 e. The van der Waals surface area contributed by atoms with Crippen molar-refractivity contribution in [3.63, 3.8) is 0 Å². The minimum absolute atomic E-state index is 0.110. The van der Waals surface area contributed by atoms with Crippen molar-refractivity contribution >= 4 is 0 Å². The van der Waals surface area contributed by atoms with Gasteiger partial charge in [-0.15, -0.1) is 0 Å². The number of hydrogen-bond acceptors (Lipinski definition) is 4. The highest BCUT2D eigenvalue weighted by atomic mass is 16.3. The van der Waals surface area contributed by atoms with Crippen LogP contribution in [0.2, 0.25) is 0 Å². The summed E-state index contributed by atoms with van der Waals surface area (Å²) in [5.41, 5.74) is 4.24. The minimum Gasteiger partial charge on any atom is -0.508 e. The maximum atomic E-state index is 9.37.